The first kappa shape index (κ1) is 7.60. The molecule has 1 heterocycles. The Kier molecular flexibility index (Phi) is 2.17. The normalized spacial score (nSPS) is 40.1. The van der Waals surface area contributed by atoms with Crippen LogP contribution in [0.3, 0.4) is 0 Å². The topological polar surface area (TPSA) is 12.0 Å². The number of rotatable bonds is 1. The molecule has 2 fully saturated rings. The Morgan fingerprint density at radius 2 is 1.82 bits per heavy atom. The van der Waals surface area contributed by atoms with Crippen LogP contribution in [-0.4, -0.2) is 12.6 Å². The number of nitrogens with one attached hydrogen (secondary N) is 1. The van der Waals surface area contributed by atoms with Gasteiger partial charge in [0.25, 0.3) is 0 Å². The summed E-state index contributed by atoms with van der Waals surface area (Å²) in [7, 11) is 0. The van der Waals surface area contributed by atoms with Gasteiger partial charge in [0.05, 0.1) is 0 Å². The smallest absolute Gasteiger partial charge is 0.0121 e. The largest absolute Gasteiger partial charge is 0.313 e. The molecule has 11 heavy (non-hydrogen) atoms. The first-order valence-corrected chi connectivity index (χ1v) is 5.11. The lowest BCUT2D eigenvalue weighted by Gasteiger charge is -2.22. The summed E-state index contributed by atoms with van der Waals surface area (Å²) in [6.45, 7) is 3.67. The van der Waals surface area contributed by atoms with Gasteiger partial charge in [0, 0.05) is 6.04 Å². The van der Waals surface area contributed by atoms with Crippen molar-refractivity contribution in [3.63, 3.8) is 0 Å². The van der Waals surface area contributed by atoms with Gasteiger partial charge in [-0.2, -0.15) is 0 Å². The fourth-order valence-corrected chi connectivity index (χ4v) is 2.81. The van der Waals surface area contributed by atoms with E-state index in [0.29, 0.717) is 0 Å². The Labute approximate surface area is 69.6 Å². The second-order valence-corrected chi connectivity index (χ2v) is 4.29. The van der Waals surface area contributed by atoms with E-state index >= 15 is 0 Å². The van der Waals surface area contributed by atoms with E-state index in [-0.39, 0.29) is 0 Å². The molecular weight excluding hydrogens is 134 g/mol. The van der Waals surface area contributed by atoms with Gasteiger partial charge in [0.2, 0.25) is 0 Å². The third-order valence-electron chi connectivity index (χ3n) is 3.50. The van der Waals surface area contributed by atoms with Gasteiger partial charge in [0.15, 0.2) is 0 Å². The Balaban J connectivity index is 1.92. The van der Waals surface area contributed by atoms with Crippen LogP contribution in [0.4, 0.5) is 0 Å². The summed E-state index contributed by atoms with van der Waals surface area (Å²) < 4.78 is 0. The van der Waals surface area contributed by atoms with Crippen molar-refractivity contribution in [3.05, 3.63) is 0 Å². The predicted octanol–water partition coefficient (Wildman–Crippen LogP) is 2.17. The molecule has 1 N–H and O–H groups in total. The van der Waals surface area contributed by atoms with Crippen LogP contribution < -0.4 is 5.32 Å². The van der Waals surface area contributed by atoms with Crippen LogP contribution in [0.2, 0.25) is 0 Å². The minimum atomic E-state index is 0.873. The van der Waals surface area contributed by atoms with Gasteiger partial charge in [-0.15, -0.1) is 0 Å². The zero-order valence-electron chi connectivity index (χ0n) is 7.47. The summed E-state index contributed by atoms with van der Waals surface area (Å²) in [5, 5.41) is 3.65. The first-order valence-electron chi connectivity index (χ1n) is 5.11. The van der Waals surface area contributed by atoms with Crippen molar-refractivity contribution in [2.75, 3.05) is 6.54 Å². The average Bonchev–Trinajstić information content (AvgIpc) is 2.55. The van der Waals surface area contributed by atoms with Crippen LogP contribution in [0.25, 0.3) is 0 Å². The lowest BCUT2D eigenvalue weighted by Crippen LogP contribution is -2.32. The second kappa shape index (κ2) is 3.14. The third kappa shape index (κ3) is 1.44. The fraction of sp³-hybridized carbons (Fsp3) is 1.00. The van der Waals surface area contributed by atoms with Crippen LogP contribution in [0.5, 0.6) is 0 Å². The molecule has 0 spiro atoms. The quantitative estimate of drug-likeness (QED) is 0.609. The van der Waals surface area contributed by atoms with Crippen LogP contribution in [0.15, 0.2) is 0 Å². The maximum Gasteiger partial charge on any atom is 0.0121 e. The molecule has 0 aromatic rings. The van der Waals surface area contributed by atoms with E-state index in [1.807, 2.05) is 0 Å². The van der Waals surface area contributed by atoms with E-state index < -0.39 is 0 Å². The highest BCUT2D eigenvalue weighted by molar-refractivity contribution is 4.88. The summed E-state index contributed by atoms with van der Waals surface area (Å²) in [6, 6.07) is 0.873. The van der Waals surface area contributed by atoms with E-state index in [2.05, 4.69) is 12.2 Å². The summed E-state index contributed by atoms with van der Waals surface area (Å²) in [4.78, 5) is 0. The van der Waals surface area contributed by atoms with Crippen molar-refractivity contribution in [1.29, 1.82) is 0 Å². The molecule has 1 nitrogen and oxygen atoms in total. The van der Waals surface area contributed by atoms with Crippen molar-refractivity contribution in [2.24, 2.45) is 11.8 Å². The Morgan fingerprint density at radius 1 is 1.09 bits per heavy atom. The molecule has 2 unspecified atom stereocenters. The molecule has 1 saturated heterocycles. The summed E-state index contributed by atoms with van der Waals surface area (Å²) in [6.07, 6.45) is 7.34. The van der Waals surface area contributed by atoms with Gasteiger partial charge in [-0.05, 0) is 37.6 Å². The van der Waals surface area contributed by atoms with Crippen LogP contribution in [0, 0.1) is 11.8 Å². The van der Waals surface area contributed by atoms with Crippen LogP contribution in [0.1, 0.15) is 39.0 Å². The predicted molar refractivity (Wildman–Crippen MR) is 47.5 cm³/mol. The molecule has 0 amide bonds. The first-order chi connectivity index (χ1) is 5.38. The van der Waals surface area contributed by atoms with Gasteiger partial charge < -0.3 is 5.32 Å². The maximum atomic E-state index is 3.65. The van der Waals surface area contributed by atoms with Crippen molar-refractivity contribution < 1.29 is 0 Å². The zero-order valence-corrected chi connectivity index (χ0v) is 7.47. The van der Waals surface area contributed by atoms with E-state index in [4.69, 9.17) is 0 Å². The maximum absolute atomic E-state index is 3.65. The summed E-state index contributed by atoms with van der Waals surface area (Å²) in [5.74, 6) is 1.96. The zero-order chi connectivity index (χ0) is 7.68. The highest BCUT2D eigenvalue weighted by Gasteiger charge is 2.31. The minimum absolute atomic E-state index is 0.873. The van der Waals surface area contributed by atoms with Gasteiger partial charge >= 0.3 is 0 Å². The molecule has 2 rings (SSSR count). The molecule has 1 saturated carbocycles. The molecule has 64 valence electrons. The molecule has 0 radical (unpaired) electrons. The Morgan fingerprint density at radius 3 is 2.36 bits per heavy atom. The lowest BCUT2D eigenvalue weighted by atomic mass is 9.90. The van der Waals surface area contributed by atoms with E-state index in [1.54, 1.807) is 0 Å². The Bertz CT molecular complexity index is 127. The highest BCUT2D eigenvalue weighted by atomic mass is 15.0. The molecule has 2 atom stereocenters. The summed E-state index contributed by atoms with van der Waals surface area (Å²) in [5.41, 5.74) is 0. The second-order valence-electron chi connectivity index (χ2n) is 4.29. The van der Waals surface area contributed by atoms with E-state index in [9.17, 15) is 0 Å². The SMILES string of the molecule is CC1CCNC1C1CCCC1. The van der Waals surface area contributed by atoms with Crippen molar-refractivity contribution in [2.45, 2.75) is 45.1 Å². The standard InChI is InChI=1S/C10H19N/c1-8-6-7-11-10(8)9-4-2-3-5-9/h8-11H,2-7H2,1H3. The van der Waals surface area contributed by atoms with Crippen LogP contribution in [-0.2, 0) is 0 Å². The molecule has 0 aromatic heterocycles. The highest BCUT2D eigenvalue weighted by Crippen LogP contribution is 2.33. The average molecular weight is 153 g/mol. The van der Waals surface area contributed by atoms with Gasteiger partial charge in [0.1, 0.15) is 0 Å². The molecule has 2 aliphatic rings. The van der Waals surface area contributed by atoms with Crippen molar-refractivity contribution >= 4 is 0 Å². The van der Waals surface area contributed by atoms with Gasteiger partial charge in [-0.3, -0.25) is 0 Å². The van der Waals surface area contributed by atoms with Gasteiger partial charge in [-0.1, -0.05) is 19.8 Å². The van der Waals surface area contributed by atoms with Crippen LogP contribution >= 0.6 is 0 Å². The molecule has 1 aliphatic carbocycles. The molecular formula is C10H19N. The number of hydrogen-bond acceptors (Lipinski definition) is 1. The molecule has 1 aliphatic heterocycles. The van der Waals surface area contributed by atoms with Gasteiger partial charge in [-0.25, -0.2) is 0 Å². The van der Waals surface area contributed by atoms with Crippen molar-refractivity contribution in [3.8, 4) is 0 Å². The molecule has 0 aromatic carbocycles. The molecule has 0 bridgehead atoms. The minimum Gasteiger partial charge on any atom is -0.313 e. The number of hydrogen-bond donors (Lipinski definition) is 1. The lowest BCUT2D eigenvalue weighted by molar-refractivity contribution is 0.336. The van der Waals surface area contributed by atoms with E-state index in [1.165, 1.54) is 38.6 Å². The summed E-state index contributed by atoms with van der Waals surface area (Å²) >= 11 is 0. The fourth-order valence-electron chi connectivity index (χ4n) is 2.81. The third-order valence-corrected chi connectivity index (χ3v) is 3.50. The van der Waals surface area contributed by atoms with E-state index in [0.717, 1.165) is 17.9 Å². The molecule has 1 heteroatoms. The monoisotopic (exact) mass is 153 g/mol. The van der Waals surface area contributed by atoms with Crippen molar-refractivity contribution in [1.82, 2.24) is 5.32 Å². The Hall–Kier alpha value is -0.0400.